The molecule has 2 rings (SSSR count). The Bertz CT molecular complexity index is 839. The van der Waals surface area contributed by atoms with Gasteiger partial charge in [-0.1, -0.05) is 12.1 Å². The molecule has 0 bridgehead atoms. The van der Waals surface area contributed by atoms with Crippen LogP contribution < -0.4 is 10.3 Å². The lowest BCUT2D eigenvalue weighted by molar-refractivity contribution is -0.386. The van der Waals surface area contributed by atoms with Crippen molar-refractivity contribution >= 4 is 23.5 Å². The summed E-state index contributed by atoms with van der Waals surface area (Å²) in [6.45, 7) is 4.72. The molecule has 1 amide bonds. The molecule has 1 heterocycles. The maximum absolute atomic E-state index is 12.3. The van der Waals surface area contributed by atoms with Crippen LogP contribution in [0.15, 0.2) is 29.4 Å². The molecule has 0 fully saturated rings. The number of carbonyl (C=O) groups is 1. The Balaban J connectivity index is 2.05. The number of hydrogen-bond acceptors (Lipinski definition) is 6. The average Bonchev–Trinajstić information content (AvgIpc) is 2.89. The highest BCUT2D eigenvalue weighted by atomic mass is 16.6. The zero-order valence-electron chi connectivity index (χ0n) is 15.4. The number of benzene rings is 1. The molecule has 138 valence electrons. The molecule has 9 nitrogen and oxygen atoms in total. The first kappa shape index (κ1) is 19.1. The zero-order valence-corrected chi connectivity index (χ0v) is 15.4. The first-order valence-corrected chi connectivity index (χ1v) is 8.02. The third-order valence-corrected chi connectivity index (χ3v) is 4.01. The first-order valence-electron chi connectivity index (χ1n) is 8.02. The molecule has 26 heavy (non-hydrogen) atoms. The van der Waals surface area contributed by atoms with Crippen molar-refractivity contribution in [3.63, 3.8) is 0 Å². The van der Waals surface area contributed by atoms with Crippen LogP contribution in [0.1, 0.15) is 29.9 Å². The van der Waals surface area contributed by atoms with E-state index in [2.05, 4.69) is 15.6 Å². The normalized spacial score (nSPS) is 12.2. The van der Waals surface area contributed by atoms with Crippen LogP contribution in [0.25, 0.3) is 0 Å². The maximum Gasteiger partial charge on any atom is 0.312 e. The van der Waals surface area contributed by atoms with Crippen LogP contribution in [0.5, 0.6) is 0 Å². The smallest absolute Gasteiger partial charge is 0.312 e. The molecule has 0 saturated heterocycles. The molecule has 2 aromatic rings. The van der Waals surface area contributed by atoms with Crippen LogP contribution >= 0.6 is 0 Å². The molecule has 1 aromatic carbocycles. The standard InChI is InChI=1S/C17H22N6O3/c1-11-16(23(25)26)12(2)22(20-11)13(3)17(24)19-18-10-14-6-8-15(9-7-14)21(4)5/h6-10,13H,1-5H3,(H,19,24)/b18-10-/t13-/m1/s1. The Hall–Kier alpha value is -3.23. The number of hydrazone groups is 1. The second-order valence-corrected chi connectivity index (χ2v) is 6.12. The van der Waals surface area contributed by atoms with Crippen LogP contribution in [0.2, 0.25) is 0 Å². The van der Waals surface area contributed by atoms with Gasteiger partial charge in [-0.25, -0.2) is 5.43 Å². The van der Waals surface area contributed by atoms with E-state index in [9.17, 15) is 14.9 Å². The van der Waals surface area contributed by atoms with Gasteiger partial charge >= 0.3 is 5.69 Å². The SMILES string of the molecule is Cc1nn([C@H](C)C(=O)N/N=C\c2ccc(N(C)C)cc2)c(C)c1[N+](=O)[O-]. The quantitative estimate of drug-likeness (QED) is 0.484. The number of nitrogens with one attached hydrogen (secondary N) is 1. The lowest BCUT2D eigenvalue weighted by Crippen LogP contribution is -2.28. The maximum atomic E-state index is 12.3. The molecule has 0 aliphatic heterocycles. The Morgan fingerprint density at radius 3 is 2.46 bits per heavy atom. The highest BCUT2D eigenvalue weighted by molar-refractivity contribution is 5.84. The van der Waals surface area contributed by atoms with Gasteiger partial charge in [0.15, 0.2) is 0 Å². The summed E-state index contributed by atoms with van der Waals surface area (Å²) < 4.78 is 1.34. The van der Waals surface area contributed by atoms with Gasteiger partial charge in [0.25, 0.3) is 5.91 Å². The highest BCUT2D eigenvalue weighted by Gasteiger charge is 2.26. The Labute approximate surface area is 151 Å². The summed E-state index contributed by atoms with van der Waals surface area (Å²) in [5.74, 6) is -0.411. The lowest BCUT2D eigenvalue weighted by atomic mass is 10.2. The van der Waals surface area contributed by atoms with E-state index in [-0.39, 0.29) is 11.4 Å². The predicted molar refractivity (Wildman–Crippen MR) is 99.6 cm³/mol. The number of nitrogens with zero attached hydrogens (tertiary/aromatic N) is 5. The van der Waals surface area contributed by atoms with Crippen LogP contribution in [0, 0.1) is 24.0 Å². The van der Waals surface area contributed by atoms with E-state index in [1.165, 1.54) is 10.9 Å². The van der Waals surface area contributed by atoms with E-state index in [0.29, 0.717) is 5.69 Å². The first-order chi connectivity index (χ1) is 12.2. The van der Waals surface area contributed by atoms with Gasteiger partial charge in [-0.2, -0.15) is 10.2 Å². The third kappa shape index (κ3) is 4.05. The molecular weight excluding hydrogens is 336 g/mol. The molecule has 0 aliphatic carbocycles. The van der Waals surface area contributed by atoms with Crippen molar-refractivity contribution in [3.8, 4) is 0 Å². The van der Waals surface area contributed by atoms with E-state index >= 15 is 0 Å². The monoisotopic (exact) mass is 358 g/mol. The van der Waals surface area contributed by atoms with Gasteiger partial charge in [0.05, 0.1) is 11.1 Å². The molecule has 1 aromatic heterocycles. The average molecular weight is 358 g/mol. The molecule has 0 aliphatic rings. The minimum absolute atomic E-state index is 0.0749. The van der Waals surface area contributed by atoms with Crippen molar-refractivity contribution in [2.24, 2.45) is 5.10 Å². The number of hydrogen-bond donors (Lipinski definition) is 1. The highest BCUT2D eigenvalue weighted by Crippen LogP contribution is 2.24. The van der Waals surface area contributed by atoms with Crippen LogP contribution in [-0.4, -0.2) is 40.9 Å². The summed E-state index contributed by atoms with van der Waals surface area (Å²) in [7, 11) is 3.90. The van der Waals surface area contributed by atoms with Crippen LogP contribution in [0.4, 0.5) is 11.4 Å². The van der Waals surface area contributed by atoms with E-state index in [1.54, 1.807) is 20.8 Å². The van der Waals surface area contributed by atoms with Gasteiger partial charge < -0.3 is 4.90 Å². The van der Waals surface area contributed by atoms with Crippen LogP contribution in [0.3, 0.4) is 0 Å². The molecule has 1 N–H and O–H groups in total. The molecule has 0 spiro atoms. The van der Waals surface area contributed by atoms with E-state index in [1.807, 2.05) is 43.3 Å². The van der Waals surface area contributed by atoms with Crippen LogP contribution in [-0.2, 0) is 4.79 Å². The van der Waals surface area contributed by atoms with Crippen molar-refractivity contribution in [1.82, 2.24) is 15.2 Å². The van der Waals surface area contributed by atoms with E-state index in [4.69, 9.17) is 0 Å². The summed E-state index contributed by atoms with van der Waals surface area (Å²) in [4.78, 5) is 24.8. The fraction of sp³-hybridized carbons (Fsp3) is 0.353. The molecule has 1 atom stereocenters. The Kier molecular flexibility index (Phi) is 5.71. The second kappa shape index (κ2) is 7.77. The molecule has 9 heteroatoms. The van der Waals surface area contributed by atoms with Gasteiger partial charge in [0.2, 0.25) is 0 Å². The fourth-order valence-corrected chi connectivity index (χ4v) is 2.53. The third-order valence-electron chi connectivity index (χ3n) is 4.01. The summed E-state index contributed by atoms with van der Waals surface area (Å²) in [6, 6.07) is 6.94. The summed E-state index contributed by atoms with van der Waals surface area (Å²) in [5, 5.41) is 19.1. The van der Waals surface area contributed by atoms with Crippen molar-refractivity contribution < 1.29 is 9.72 Å². The summed E-state index contributed by atoms with van der Waals surface area (Å²) >= 11 is 0. The minimum Gasteiger partial charge on any atom is -0.378 e. The van der Waals surface area contributed by atoms with Gasteiger partial charge in [-0.3, -0.25) is 19.6 Å². The number of amides is 1. The van der Waals surface area contributed by atoms with E-state index in [0.717, 1.165) is 11.3 Å². The number of rotatable bonds is 6. The zero-order chi connectivity index (χ0) is 19.4. The largest absolute Gasteiger partial charge is 0.378 e. The van der Waals surface area contributed by atoms with Crippen molar-refractivity contribution in [2.75, 3.05) is 19.0 Å². The molecule has 0 unspecified atom stereocenters. The van der Waals surface area contributed by atoms with Gasteiger partial charge in [-0.15, -0.1) is 0 Å². The minimum atomic E-state index is -0.726. The fourth-order valence-electron chi connectivity index (χ4n) is 2.53. The second-order valence-electron chi connectivity index (χ2n) is 6.12. The topological polar surface area (TPSA) is 106 Å². The number of aromatic nitrogens is 2. The summed E-state index contributed by atoms with van der Waals surface area (Å²) in [5.41, 5.74) is 4.87. The molecular formula is C17H22N6O3. The Morgan fingerprint density at radius 1 is 1.35 bits per heavy atom. The number of carbonyl (C=O) groups excluding carboxylic acids is 1. The number of anilines is 1. The van der Waals surface area contributed by atoms with Gasteiger partial charge in [-0.05, 0) is 38.5 Å². The van der Waals surface area contributed by atoms with Crippen molar-refractivity contribution in [1.29, 1.82) is 0 Å². The van der Waals surface area contributed by atoms with Crippen molar-refractivity contribution in [2.45, 2.75) is 26.8 Å². The van der Waals surface area contributed by atoms with Gasteiger partial charge in [0, 0.05) is 19.8 Å². The van der Waals surface area contributed by atoms with E-state index < -0.39 is 16.9 Å². The summed E-state index contributed by atoms with van der Waals surface area (Å²) in [6.07, 6.45) is 1.54. The predicted octanol–water partition coefficient (Wildman–Crippen LogP) is 2.19. The van der Waals surface area contributed by atoms with Crippen molar-refractivity contribution in [3.05, 3.63) is 51.3 Å². The number of nitro groups is 1. The Morgan fingerprint density at radius 2 is 1.96 bits per heavy atom. The number of aryl methyl sites for hydroxylation is 1. The van der Waals surface area contributed by atoms with Gasteiger partial charge in [0.1, 0.15) is 17.4 Å². The molecule has 0 radical (unpaired) electrons. The lowest BCUT2D eigenvalue weighted by Gasteiger charge is -2.12. The molecule has 0 saturated carbocycles.